The molecule has 0 saturated heterocycles. The van der Waals surface area contributed by atoms with Crippen LogP contribution in [0.15, 0.2) is 42.5 Å². The Bertz CT molecular complexity index is 865. The first kappa shape index (κ1) is 20.5. The van der Waals surface area contributed by atoms with E-state index in [1.807, 2.05) is 13.8 Å². The number of carboxylic acid groups (broad SMARTS) is 1. The summed E-state index contributed by atoms with van der Waals surface area (Å²) in [6.45, 7) is 4.53. The van der Waals surface area contributed by atoms with Crippen molar-refractivity contribution < 1.29 is 19.5 Å². The van der Waals surface area contributed by atoms with Crippen LogP contribution in [0.2, 0.25) is 5.02 Å². The van der Waals surface area contributed by atoms with Crippen molar-refractivity contribution in [3.63, 3.8) is 0 Å². The summed E-state index contributed by atoms with van der Waals surface area (Å²) in [6, 6.07) is 10.9. The number of nitrogens with one attached hydrogen (secondary N) is 2. The van der Waals surface area contributed by atoms with Gasteiger partial charge in [-0.05, 0) is 41.8 Å². The summed E-state index contributed by atoms with van der Waals surface area (Å²) < 4.78 is 0. The lowest BCUT2D eigenvalue weighted by atomic mass is 10.1. The average Bonchev–Trinajstić information content (AvgIpc) is 2.59. The fourth-order valence-corrected chi connectivity index (χ4v) is 2.64. The van der Waals surface area contributed by atoms with E-state index in [-0.39, 0.29) is 28.8 Å². The van der Waals surface area contributed by atoms with Gasteiger partial charge in [-0.2, -0.15) is 0 Å². The summed E-state index contributed by atoms with van der Waals surface area (Å²) in [7, 11) is 0. The van der Waals surface area contributed by atoms with Crippen LogP contribution in [-0.2, 0) is 11.2 Å². The molecule has 7 heteroatoms. The Hall–Kier alpha value is -2.86. The Balaban J connectivity index is 2.02. The quantitative estimate of drug-likeness (QED) is 0.675. The van der Waals surface area contributed by atoms with E-state index < -0.39 is 5.97 Å². The van der Waals surface area contributed by atoms with Gasteiger partial charge in [-0.3, -0.25) is 9.59 Å². The summed E-state index contributed by atoms with van der Waals surface area (Å²) in [4.78, 5) is 35.3. The highest BCUT2D eigenvalue weighted by Gasteiger charge is 2.13. The van der Waals surface area contributed by atoms with Gasteiger partial charge in [0.25, 0.3) is 5.91 Å². The molecule has 0 aliphatic rings. The van der Waals surface area contributed by atoms with Gasteiger partial charge in [-0.15, -0.1) is 0 Å². The zero-order valence-corrected chi connectivity index (χ0v) is 15.8. The molecule has 0 heterocycles. The van der Waals surface area contributed by atoms with E-state index in [0.717, 1.165) is 0 Å². The van der Waals surface area contributed by atoms with Crippen LogP contribution in [0.1, 0.15) is 40.1 Å². The zero-order chi connectivity index (χ0) is 20.0. The van der Waals surface area contributed by atoms with Gasteiger partial charge in [0.05, 0.1) is 22.6 Å². The number of halogens is 1. The molecule has 0 aliphatic heterocycles. The van der Waals surface area contributed by atoms with Gasteiger partial charge in [0.2, 0.25) is 5.91 Å². The number of carboxylic acids is 1. The molecule has 0 spiro atoms. The molecule has 0 fully saturated rings. The van der Waals surface area contributed by atoms with Gasteiger partial charge in [0.15, 0.2) is 0 Å². The molecule has 6 nitrogen and oxygen atoms in total. The molecule has 2 aromatic carbocycles. The summed E-state index contributed by atoms with van der Waals surface area (Å²) in [5, 5.41) is 14.7. The van der Waals surface area contributed by atoms with Crippen LogP contribution >= 0.6 is 11.6 Å². The van der Waals surface area contributed by atoms with Crippen LogP contribution in [0.25, 0.3) is 0 Å². The van der Waals surface area contributed by atoms with Crippen LogP contribution in [0.4, 0.5) is 5.69 Å². The Morgan fingerprint density at radius 2 is 1.85 bits per heavy atom. The molecule has 2 rings (SSSR count). The first-order valence-corrected chi connectivity index (χ1v) is 8.84. The fraction of sp³-hybridized carbons (Fsp3) is 0.250. The number of hydrogen-bond acceptors (Lipinski definition) is 3. The molecule has 27 heavy (non-hydrogen) atoms. The molecular formula is C20H21ClN2O4. The Morgan fingerprint density at radius 1 is 1.11 bits per heavy atom. The van der Waals surface area contributed by atoms with Gasteiger partial charge in [-0.1, -0.05) is 37.6 Å². The molecule has 0 aliphatic carbocycles. The number of anilines is 1. The Labute approximate surface area is 162 Å². The van der Waals surface area contributed by atoms with Crippen LogP contribution in [0, 0.1) is 5.92 Å². The van der Waals surface area contributed by atoms with Crippen molar-refractivity contribution in [2.45, 2.75) is 20.3 Å². The topological polar surface area (TPSA) is 95.5 Å². The highest BCUT2D eigenvalue weighted by molar-refractivity contribution is 6.34. The number of rotatable bonds is 7. The largest absolute Gasteiger partial charge is 0.478 e. The third-order valence-corrected chi connectivity index (χ3v) is 4.02. The average molecular weight is 389 g/mol. The highest BCUT2D eigenvalue weighted by Crippen LogP contribution is 2.21. The lowest BCUT2D eigenvalue weighted by Crippen LogP contribution is -2.27. The number of aromatic carboxylic acids is 1. The maximum atomic E-state index is 12.2. The number of carbonyl (C=O) groups excluding carboxylic acids is 2. The monoisotopic (exact) mass is 388 g/mol. The minimum absolute atomic E-state index is 0.0232. The van der Waals surface area contributed by atoms with Crippen molar-refractivity contribution in [1.82, 2.24) is 5.32 Å². The summed E-state index contributed by atoms with van der Waals surface area (Å²) in [5.41, 5.74) is 1.51. The first-order chi connectivity index (χ1) is 12.8. The van der Waals surface area contributed by atoms with E-state index in [4.69, 9.17) is 16.7 Å². The van der Waals surface area contributed by atoms with Crippen molar-refractivity contribution in [3.05, 3.63) is 64.2 Å². The van der Waals surface area contributed by atoms with Crippen LogP contribution in [-0.4, -0.2) is 29.4 Å². The van der Waals surface area contributed by atoms with E-state index >= 15 is 0 Å². The molecule has 0 saturated carbocycles. The van der Waals surface area contributed by atoms with Gasteiger partial charge >= 0.3 is 5.97 Å². The lowest BCUT2D eigenvalue weighted by molar-refractivity contribution is -0.115. The number of amides is 2. The molecule has 0 atom stereocenters. The van der Waals surface area contributed by atoms with Crippen LogP contribution in [0.5, 0.6) is 0 Å². The fourth-order valence-electron chi connectivity index (χ4n) is 2.37. The van der Waals surface area contributed by atoms with E-state index in [2.05, 4.69) is 10.6 Å². The third-order valence-electron chi connectivity index (χ3n) is 3.71. The van der Waals surface area contributed by atoms with E-state index in [9.17, 15) is 14.4 Å². The van der Waals surface area contributed by atoms with Crippen molar-refractivity contribution >= 4 is 35.1 Å². The molecule has 3 N–H and O–H groups in total. The third kappa shape index (κ3) is 6.11. The molecule has 2 aromatic rings. The molecule has 0 unspecified atom stereocenters. The second-order valence-electron chi connectivity index (χ2n) is 6.53. The maximum absolute atomic E-state index is 12.2. The first-order valence-electron chi connectivity index (χ1n) is 8.46. The maximum Gasteiger partial charge on any atom is 0.335 e. The van der Waals surface area contributed by atoms with Crippen LogP contribution < -0.4 is 10.6 Å². The number of hydrogen-bond donors (Lipinski definition) is 3. The number of carbonyl (C=O) groups is 3. The minimum atomic E-state index is -1.05. The smallest absolute Gasteiger partial charge is 0.335 e. The lowest BCUT2D eigenvalue weighted by Gasteiger charge is -2.11. The Kier molecular flexibility index (Phi) is 6.96. The van der Waals surface area contributed by atoms with E-state index in [1.54, 1.807) is 24.3 Å². The van der Waals surface area contributed by atoms with E-state index in [0.29, 0.717) is 29.3 Å². The Morgan fingerprint density at radius 3 is 2.48 bits per heavy atom. The van der Waals surface area contributed by atoms with Gasteiger partial charge in [0.1, 0.15) is 0 Å². The molecule has 0 aromatic heterocycles. The predicted octanol–water partition coefficient (Wildman–Crippen LogP) is 3.61. The normalized spacial score (nSPS) is 10.5. The summed E-state index contributed by atoms with van der Waals surface area (Å²) in [5.74, 6) is -1.30. The minimum Gasteiger partial charge on any atom is -0.478 e. The standard InChI is InChI=1S/C20H21ClN2O4/c1-12(2)11-22-19(25)16-7-6-15(10-17(16)21)23-18(24)9-13-4-3-5-14(8-13)20(26)27/h3-8,10,12H,9,11H2,1-2H3,(H,22,25)(H,23,24)(H,26,27). The van der Waals surface area contributed by atoms with Crippen molar-refractivity contribution in [3.8, 4) is 0 Å². The second kappa shape index (κ2) is 9.19. The summed E-state index contributed by atoms with van der Waals surface area (Å²) >= 11 is 6.16. The van der Waals surface area contributed by atoms with Crippen molar-refractivity contribution in [1.29, 1.82) is 0 Å². The molecular weight excluding hydrogens is 368 g/mol. The van der Waals surface area contributed by atoms with E-state index in [1.165, 1.54) is 18.2 Å². The second-order valence-corrected chi connectivity index (χ2v) is 6.94. The zero-order valence-electron chi connectivity index (χ0n) is 15.1. The predicted molar refractivity (Wildman–Crippen MR) is 104 cm³/mol. The van der Waals surface area contributed by atoms with Gasteiger partial charge in [0, 0.05) is 12.2 Å². The SMILES string of the molecule is CC(C)CNC(=O)c1ccc(NC(=O)Cc2cccc(C(=O)O)c2)cc1Cl. The van der Waals surface area contributed by atoms with Crippen LogP contribution in [0.3, 0.4) is 0 Å². The molecule has 2 amide bonds. The molecule has 142 valence electrons. The number of benzene rings is 2. The highest BCUT2D eigenvalue weighted by atomic mass is 35.5. The van der Waals surface area contributed by atoms with Crippen molar-refractivity contribution in [2.75, 3.05) is 11.9 Å². The molecule has 0 bridgehead atoms. The van der Waals surface area contributed by atoms with Gasteiger partial charge in [-0.25, -0.2) is 4.79 Å². The molecule has 0 radical (unpaired) electrons. The summed E-state index contributed by atoms with van der Waals surface area (Å²) in [6.07, 6.45) is 0.0232. The van der Waals surface area contributed by atoms with Crippen molar-refractivity contribution in [2.24, 2.45) is 5.92 Å². The van der Waals surface area contributed by atoms with Gasteiger partial charge < -0.3 is 15.7 Å².